The van der Waals surface area contributed by atoms with Crippen LogP contribution in [0.2, 0.25) is 0 Å². The highest BCUT2D eigenvalue weighted by atomic mass is 79.9. The van der Waals surface area contributed by atoms with Crippen LogP contribution in [-0.4, -0.2) is 4.98 Å². The molecule has 0 bridgehead atoms. The molecule has 19 heavy (non-hydrogen) atoms. The molecule has 4 heteroatoms. The largest absolute Gasteiger partial charge is 0.331 e. The van der Waals surface area contributed by atoms with E-state index in [1.807, 2.05) is 0 Å². The third kappa shape index (κ3) is 2.65. The lowest BCUT2D eigenvalue weighted by Crippen LogP contribution is -1.89. The molecule has 0 aliphatic rings. The number of rotatable bonds is 2. The molecule has 1 aromatic heterocycles. The Balaban J connectivity index is 1.94. The van der Waals surface area contributed by atoms with Gasteiger partial charge in [0.15, 0.2) is 5.13 Å². The van der Waals surface area contributed by atoms with E-state index in [-0.39, 0.29) is 0 Å². The topological polar surface area (TPSA) is 24.9 Å². The van der Waals surface area contributed by atoms with Gasteiger partial charge in [0.2, 0.25) is 0 Å². The average molecular weight is 333 g/mol. The summed E-state index contributed by atoms with van der Waals surface area (Å²) in [6.45, 7) is 4.18. The minimum atomic E-state index is 0.927. The zero-order valence-corrected chi connectivity index (χ0v) is 13.1. The van der Waals surface area contributed by atoms with Gasteiger partial charge in [0, 0.05) is 10.2 Å². The van der Waals surface area contributed by atoms with E-state index in [2.05, 4.69) is 76.5 Å². The van der Waals surface area contributed by atoms with Crippen molar-refractivity contribution in [3.63, 3.8) is 0 Å². The minimum absolute atomic E-state index is 0.927. The molecule has 2 nitrogen and oxygen atoms in total. The highest BCUT2D eigenvalue weighted by Gasteiger charge is 2.05. The molecular weight excluding hydrogens is 320 g/mol. The van der Waals surface area contributed by atoms with Crippen LogP contribution in [0.1, 0.15) is 11.1 Å². The second-order valence-electron chi connectivity index (χ2n) is 4.58. The van der Waals surface area contributed by atoms with Crippen molar-refractivity contribution in [2.75, 3.05) is 5.32 Å². The van der Waals surface area contributed by atoms with Gasteiger partial charge in [-0.3, -0.25) is 0 Å². The lowest BCUT2D eigenvalue weighted by Gasteiger charge is -2.04. The van der Waals surface area contributed by atoms with Gasteiger partial charge in [-0.2, -0.15) is 0 Å². The third-order valence-electron chi connectivity index (χ3n) is 2.97. The molecule has 0 spiro atoms. The fourth-order valence-corrected chi connectivity index (χ4v) is 3.24. The molecule has 0 aliphatic heterocycles. The van der Waals surface area contributed by atoms with Crippen LogP contribution in [0.15, 0.2) is 40.9 Å². The number of fused-ring (bicyclic) bond motifs is 1. The molecule has 0 fully saturated rings. The molecule has 0 amide bonds. The quantitative estimate of drug-likeness (QED) is 0.677. The van der Waals surface area contributed by atoms with Gasteiger partial charge in [0.1, 0.15) is 0 Å². The Morgan fingerprint density at radius 1 is 1.11 bits per heavy atom. The number of nitrogens with one attached hydrogen (secondary N) is 1. The fourth-order valence-electron chi connectivity index (χ4n) is 1.88. The SMILES string of the molecule is Cc1ccc2nc(Nc3ccc(C)c(Br)c3)sc2c1. The highest BCUT2D eigenvalue weighted by Crippen LogP contribution is 2.30. The number of aromatic nitrogens is 1. The maximum atomic E-state index is 4.59. The molecule has 2 aromatic carbocycles. The van der Waals surface area contributed by atoms with Crippen LogP contribution < -0.4 is 5.32 Å². The molecule has 1 heterocycles. The number of aryl methyl sites for hydroxylation is 2. The summed E-state index contributed by atoms with van der Waals surface area (Å²) in [7, 11) is 0. The average Bonchev–Trinajstić information content (AvgIpc) is 2.75. The van der Waals surface area contributed by atoms with E-state index in [1.165, 1.54) is 15.8 Å². The van der Waals surface area contributed by atoms with E-state index >= 15 is 0 Å². The smallest absolute Gasteiger partial charge is 0.188 e. The van der Waals surface area contributed by atoms with Crippen LogP contribution in [0, 0.1) is 13.8 Å². The number of thiazole rings is 1. The number of hydrogen-bond acceptors (Lipinski definition) is 3. The van der Waals surface area contributed by atoms with Crippen molar-refractivity contribution in [1.82, 2.24) is 4.98 Å². The molecule has 3 rings (SSSR count). The summed E-state index contributed by atoms with van der Waals surface area (Å²) < 4.78 is 2.32. The number of anilines is 2. The predicted octanol–water partition coefficient (Wildman–Crippen LogP) is 5.42. The number of hydrogen-bond donors (Lipinski definition) is 1. The maximum absolute atomic E-state index is 4.59. The number of benzene rings is 2. The van der Waals surface area contributed by atoms with Crippen LogP contribution in [0.25, 0.3) is 10.2 Å². The van der Waals surface area contributed by atoms with Crippen molar-refractivity contribution < 1.29 is 0 Å². The summed E-state index contributed by atoms with van der Waals surface area (Å²) in [5, 5.41) is 4.29. The summed E-state index contributed by atoms with van der Waals surface area (Å²) in [5.41, 5.74) is 4.59. The van der Waals surface area contributed by atoms with Gasteiger partial charge >= 0.3 is 0 Å². The molecule has 0 atom stereocenters. The molecule has 0 saturated heterocycles. The Morgan fingerprint density at radius 2 is 1.95 bits per heavy atom. The van der Waals surface area contributed by atoms with Crippen molar-refractivity contribution in [3.8, 4) is 0 Å². The van der Waals surface area contributed by atoms with Gasteiger partial charge in [0.05, 0.1) is 10.2 Å². The lowest BCUT2D eigenvalue weighted by atomic mass is 10.2. The first-order valence-corrected chi connectivity index (χ1v) is 7.63. The van der Waals surface area contributed by atoms with Gasteiger partial charge in [-0.05, 0) is 49.2 Å². The van der Waals surface area contributed by atoms with Crippen molar-refractivity contribution in [2.24, 2.45) is 0 Å². The van der Waals surface area contributed by atoms with Crippen LogP contribution in [-0.2, 0) is 0 Å². The Morgan fingerprint density at radius 3 is 2.74 bits per heavy atom. The van der Waals surface area contributed by atoms with Gasteiger partial charge in [-0.15, -0.1) is 0 Å². The van der Waals surface area contributed by atoms with E-state index in [0.717, 1.165) is 20.8 Å². The van der Waals surface area contributed by atoms with Crippen molar-refractivity contribution >= 4 is 48.3 Å². The standard InChI is InChI=1S/C15H13BrN2S/c1-9-3-6-13-14(7-9)19-15(18-13)17-11-5-4-10(2)12(16)8-11/h3-8H,1-2H3,(H,17,18). The first kappa shape index (κ1) is 12.6. The van der Waals surface area contributed by atoms with E-state index in [9.17, 15) is 0 Å². The monoisotopic (exact) mass is 332 g/mol. The molecule has 3 aromatic rings. The van der Waals surface area contributed by atoms with Gasteiger partial charge in [-0.25, -0.2) is 4.98 Å². The zero-order valence-electron chi connectivity index (χ0n) is 10.7. The fraction of sp³-hybridized carbons (Fsp3) is 0.133. The Bertz CT molecular complexity index is 749. The van der Waals surface area contributed by atoms with Crippen LogP contribution in [0.3, 0.4) is 0 Å². The zero-order chi connectivity index (χ0) is 13.4. The van der Waals surface area contributed by atoms with E-state index in [0.29, 0.717) is 0 Å². The summed E-state index contributed by atoms with van der Waals surface area (Å²) in [4.78, 5) is 4.59. The molecule has 1 N–H and O–H groups in total. The first-order chi connectivity index (χ1) is 9.11. The summed E-state index contributed by atoms with van der Waals surface area (Å²) in [6.07, 6.45) is 0. The molecule has 96 valence electrons. The van der Waals surface area contributed by atoms with Crippen LogP contribution in [0.4, 0.5) is 10.8 Å². The Hall–Kier alpha value is -1.39. The molecule has 0 unspecified atom stereocenters. The van der Waals surface area contributed by atoms with Gasteiger partial charge in [-0.1, -0.05) is 39.4 Å². The van der Waals surface area contributed by atoms with Gasteiger partial charge < -0.3 is 5.32 Å². The van der Waals surface area contributed by atoms with Crippen molar-refractivity contribution in [3.05, 3.63) is 52.0 Å². The lowest BCUT2D eigenvalue weighted by molar-refractivity contribution is 1.40. The molecule has 0 aliphatic carbocycles. The molecular formula is C15H13BrN2S. The van der Waals surface area contributed by atoms with E-state index in [4.69, 9.17) is 0 Å². The Kier molecular flexibility index (Phi) is 3.29. The summed E-state index contributed by atoms with van der Waals surface area (Å²) in [6, 6.07) is 12.6. The normalized spacial score (nSPS) is 10.9. The van der Waals surface area contributed by atoms with Crippen LogP contribution >= 0.6 is 27.3 Å². The minimum Gasteiger partial charge on any atom is -0.331 e. The number of nitrogens with zero attached hydrogens (tertiary/aromatic N) is 1. The maximum Gasteiger partial charge on any atom is 0.188 e. The van der Waals surface area contributed by atoms with Crippen LogP contribution in [0.5, 0.6) is 0 Å². The van der Waals surface area contributed by atoms with Crippen molar-refractivity contribution in [2.45, 2.75) is 13.8 Å². The van der Waals surface area contributed by atoms with Crippen molar-refractivity contribution in [1.29, 1.82) is 0 Å². The summed E-state index contributed by atoms with van der Waals surface area (Å²) in [5.74, 6) is 0. The first-order valence-electron chi connectivity index (χ1n) is 6.02. The molecule has 0 saturated carbocycles. The number of halogens is 1. The van der Waals surface area contributed by atoms with E-state index < -0.39 is 0 Å². The van der Waals surface area contributed by atoms with Gasteiger partial charge in [0.25, 0.3) is 0 Å². The highest BCUT2D eigenvalue weighted by molar-refractivity contribution is 9.10. The predicted molar refractivity (Wildman–Crippen MR) is 86.5 cm³/mol. The Labute approximate surface area is 124 Å². The summed E-state index contributed by atoms with van der Waals surface area (Å²) >= 11 is 5.23. The second kappa shape index (κ2) is 4.94. The third-order valence-corrected chi connectivity index (χ3v) is 4.75. The van der Waals surface area contributed by atoms with E-state index in [1.54, 1.807) is 11.3 Å². The molecule has 0 radical (unpaired) electrons. The second-order valence-corrected chi connectivity index (χ2v) is 6.46.